The maximum Gasteiger partial charge on any atom is 0.240 e. The quantitative estimate of drug-likeness (QED) is 0.890. The highest BCUT2D eigenvalue weighted by Crippen LogP contribution is 2.24. The van der Waals surface area contributed by atoms with E-state index in [2.05, 4.69) is 23.7 Å². The number of furan rings is 1. The van der Waals surface area contributed by atoms with Crippen LogP contribution in [-0.2, 0) is 24.3 Å². The molecule has 1 aliphatic rings. The van der Waals surface area contributed by atoms with Crippen molar-refractivity contribution in [3.8, 4) is 0 Å². The number of hydrogen-bond donors (Lipinski definition) is 1. The van der Waals surface area contributed by atoms with Gasteiger partial charge in [0.2, 0.25) is 5.91 Å². The van der Waals surface area contributed by atoms with Crippen LogP contribution >= 0.6 is 11.3 Å². The van der Waals surface area contributed by atoms with Gasteiger partial charge in [0.25, 0.3) is 0 Å². The molecular formula is C17H22N2O2S. The number of hydrogen-bond acceptors (Lipinski definition) is 4. The van der Waals surface area contributed by atoms with Gasteiger partial charge in [-0.25, -0.2) is 0 Å². The van der Waals surface area contributed by atoms with Gasteiger partial charge in [0.05, 0.1) is 18.8 Å². The molecule has 5 heteroatoms. The normalized spacial score (nSPS) is 15.6. The van der Waals surface area contributed by atoms with Crippen LogP contribution in [0.2, 0.25) is 0 Å². The van der Waals surface area contributed by atoms with Crippen LogP contribution in [0.5, 0.6) is 0 Å². The second kappa shape index (κ2) is 7.11. The lowest BCUT2D eigenvalue weighted by atomic mass is 10.1. The Bertz CT molecular complexity index is 606. The number of carbonyl (C=O) groups excluding carboxylic acids is 1. The van der Waals surface area contributed by atoms with E-state index in [4.69, 9.17) is 4.42 Å². The lowest BCUT2D eigenvalue weighted by molar-refractivity contribution is -0.134. The van der Waals surface area contributed by atoms with Gasteiger partial charge in [-0.3, -0.25) is 10.1 Å². The first-order chi connectivity index (χ1) is 10.8. The Hall–Kier alpha value is -1.59. The van der Waals surface area contributed by atoms with Crippen LogP contribution in [-0.4, -0.2) is 23.4 Å². The molecule has 118 valence electrons. The molecule has 0 saturated carbocycles. The molecule has 2 aromatic rings. The van der Waals surface area contributed by atoms with E-state index in [0.29, 0.717) is 6.54 Å². The summed E-state index contributed by atoms with van der Waals surface area (Å²) in [5, 5.41) is 5.48. The van der Waals surface area contributed by atoms with Crippen molar-refractivity contribution >= 4 is 17.2 Å². The van der Waals surface area contributed by atoms with Gasteiger partial charge in [0.15, 0.2) is 0 Å². The van der Waals surface area contributed by atoms with Crippen molar-refractivity contribution in [3.63, 3.8) is 0 Å². The van der Waals surface area contributed by atoms with E-state index in [-0.39, 0.29) is 11.9 Å². The van der Waals surface area contributed by atoms with Crippen molar-refractivity contribution in [2.24, 2.45) is 0 Å². The van der Waals surface area contributed by atoms with Gasteiger partial charge >= 0.3 is 0 Å². The maximum atomic E-state index is 12.8. The zero-order chi connectivity index (χ0) is 15.4. The highest BCUT2D eigenvalue weighted by Gasteiger charge is 2.27. The number of nitrogens with zero attached hydrogens (tertiary/aromatic N) is 1. The van der Waals surface area contributed by atoms with Crippen LogP contribution in [0.25, 0.3) is 0 Å². The van der Waals surface area contributed by atoms with Crippen molar-refractivity contribution < 1.29 is 9.21 Å². The minimum atomic E-state index is -0.129. The largest absolute Gasteiger partial charge is 0.468 e. The van der Waals surface area contributed by atoms with Gasteiger partial charge in [0.1, 0.15) is 5.76 Å². The number of nitrogens with one attached hydrogen (secondary N) is 1. The third-order valence-electron chi connectivity index (χ3n) is 4.10. The summed E-state index contributed by atoms with van der Waals surface area (Å²) in [5.74, 6) is 1.08. The average molecular weight is 318 g/mol. The maximum absolute atomic E-state index is 12.8. The van der Waals surface area contributed by atoms with E-state index in [1.807, 2.05) is 17.0 Å². The van der Waals surface area contributed by atoms with Crippen molar-refractivity contribution in [2.45, 2.75) is 45.3 Å². The number of thiophene rings is 1. The predicted molar refractivity (Wildman–Crippen MR) is 87.7 cm³/mol. The summed E-state index contributed by atoms with van der Waals surface area (Å²) in [7, 11) is 0. The highest BCUT2D eigenvalue weighted by molar-refractivity contribution is 7.10. The van der Waals surface area contributed by atoms with Crippen LogP contribution in [0.4, 0.5) is 0 Å². The molecule has 0 saturated heterocycles. The first kappa shape index (κ1) is 15.3. The van der Waals surface area contributed by atoms with Gasteiger partial charge in [-0.05, 0) is 42.0 Å². The molecule has 1 amide bonds. The lowest BCUT2D eigenvalue weighted by Gasteiger charge is -2.30. The fraction of sp³-hybridized carbons (Fsp3) is 0.471. The Morgan fingerprint density at radius 3 is 3.18 bits per heavy atom. The zero-order valence-electron chi connectivity index (χ0n) is 12.9. The third-order valence-corrected chi connectivity index (χ3v) is 5.12. The summed E-state index contributed by atoms with van der Waals surface area (Å²) >= 11 is 1.80. The first-order valence-electron chi connectivity index (χ1n) is 7.87. The zero-order valence-corrected chi connectivity index (χ0v) is 13.7. The van der Waals surface area contributed by atoms with E-state index in [1.54, 1.807) is 17.6 Å². The summed E-state index contributed by atoms with van der Waals surface area (Å²) in [6, 6.07) is 5.82. The molecule has 0 fully saturated rings. The lowest BCUT2D eigenvalue weighted by Crippen LogP contribution is -2.47. The van der Waals surface area contributed by atoms with Crippen LogP contribution in [0, 0.1) is 0 Å². The van der Waals surface area contributed by atoms with Crippen molar-refractivity contribution in [1.82, 2.24) is 10.2 Å². The molecule has 0 spiro atoms. The predicted octanol–water partition coefficient (Wildman–Crippen LogP) is 3.18. The molecule has 4 nitrogen and oxygen atoms in total. The van der Waals surface area contributed by atoms with Crippen LogP contribution < -0.4 is 5.32 Å². The van der Waals surface area contributed by atoms with Crippen LogP contribution in [0.1, 0.15) is 36.0 Å². The second-order valence-electron chi connectivity index (χ2n) is 5.68. The summed E-state index contributed by atoms with van der Waals surface area (Å²) in [6.07, 6.45) is 4.48. The van der Waals surface area contributed by atoms with E-state index in [9.17, 15) is 4.79 Å². The molecule has 3 rings (SSSR count). The third kappa shape index (κ3) is 3.42. The number of rotatable bonds is 6. The fourth-order valence-corrected chi connectivity index (χ4v) is 3.79. The molecule has 0 aliphatic carbocycles. The van der Waals surface area contributed by atoms with Crippen molar-refractivity contribution in [2.75, 3.05) is 6.54 Å². The Balaban J connectivity index is 1.62. The Labute approximate surface area is 135 Å². The Kier molecular flexibility index (Phi) is 4.95. The van der Waals surface area contributed by atoms with Gasteiger partial charge in [0, 0.05) is 18.0 Å². The molecule has 1 unspecified atom stereocenters. The SMILES string of the molecule is CCCC(NCc1ccco1)C(=O)N1CCc2sccc2C1. The average Bonchev–Trinajstić information content (AvgIpc) is 3.20. The van der Waals surface area contributed by atoms with Gasteiger partial charge in [-0.1, -0.05) is 13.3 Å². The van der Waals surface area contributed by atoms with E-state index in [0.717, 1.165) is 38.1 Å². The van der Waals surface area contributed by atoms with E-state index in [1.165, 1.54) is 10.4 Å². The highest BCUT2D eigenvalue weighted by atomic mass is 32.1. The smallest absolute Gasteiger partial charge is 0.240 e. The molecule has 3 heterocycles. The minimum absolute atomic E-state index is 0.129. The van der Waals surface area contributed by atoms with Crippen molar-refractivity contribution in [3.05, 3.63) is 46.0 Å². The summed E-state index contributed by atoms with van der Waals surface area (Å²) in [6.45, 7) is 4.29. The summed E-state index contributed by atoms with van der Waals surface area (Å²) in [4.78, 5) is 16.2. The monoisotopic (exact) mass is 318 g/mol. The van der Waals surface area contributed by atoms with E-state index < -0.39 is 0 Å². The number of carbonyl (C=O) groups is 1. The summed E-state index contributed by atoms with van der Waals surface area (Å²) < 4.78 is 5.34. The molecule has 0 radical (unpaired) electrons. The van der Waals surface area contributed by atoms with Crippen LogP contribution in [0.3, 0.4) is 0 Å². The molecule has 0 aromatic carbocycles. The topological polar surface area (TPSA) is 45.5 Å². The van der Waals surface area contributed by atoms with Gasteiger partial charge < -0.3 is 9.32 Å². The summed E-state index contributed by atoms with van der Waals surface area (Å²) in [5.41, 5.74) is 1.31. The molecular weight excluding hydrogens is 296 g/mol. The van der Waals surface area contributed by atoms with Crippen molar-refractivity contribution in [1.29, 1.82) is 0 Å². The molecule has 0 bridgehead atoms. The molecule has 1 N–H and O–H groups in total. The molecule has 2 aromatic heterocycles. The van der Waals surface area contributed by atoms with Gasteiger partial charge in [-0.15, -0.1) is 11.3 Å². The second-order valence-corrected chi connectivity index (χ2v) is 6.68. The van der Waals surface area contributed by atoms with Crippen LogP contribution in [0.15, 0.2) is 34.3 Å². The Morgan fingerprint density at radius 1 is 1.50 bits per heavy atom. The number of amides is 1. The minimum Gasteiger partial charge on any atom is -0.468 e. The fourth-order valence-electron chi connectivity index (χ4n) is 2.90. The van der Waals surface area contributed by atoms with Gasteiger partial charge in [-0.2, -0.15) is 0 Å². The standard InChI is InChI=1S/C17H22N2O2S/c1-2-4-15(18-11-14-5-3-9-21-14)17(20)19-8-6-16-13(12-19)7-10-22-16/h3,5,7,9-10,15,18H,2,4,6,8,11-12H2,1H3. The Morgan fingerprint density at radius 2 is 2.41 bits per heavy atom. The molecule has 22 heavy (non-hydrogen) atoms. The molecule has 1 atom stereocenters. The van der Waals surface area contributed by atoms with E-state index >= 15 is 0 Å². The molecule has 1 aliphatic heterocycles. The number of fused-ring (bicyclic) bond motifs is 1. The first-order valence-corrected chi connectivity index (χ1v) is 8.75.